The second-order valence-corrected chi connectivity index (χ2v) is 4.70. The van der Waals surface area contributed by atoms with Gasteiger partial charge in [0.15, 0.2) is 0 Å². The molecule has 7 heteroatoms. The van der Waals surface area contributed by atoms with Gasteiger partial charge in [0.25, 0.3) is 0 Å². The van der Waals surface area contributed by atoms with Gasteiger partial charge in [-0.1, -0.05) is 71.1 Å². The van der Waals surface area contributed by atoms with Gasteiger partial charge in [0.05, 0.1) is 6.61 Å². The highest BCUT2D eigenvalue weighted by molar-refractivity contribution is 4.47. The van der Waals surface area contributed by atoms with Gasteiger partial charge in [0.1, 0.15) is 0 Å². The maximum absolute atomic E-state index is 7.66. The van der Waals surface area contributed by atoms with E-state index in [1.165, 1.54) is 57.8 Å². The second-order valence-electron chi connectivity index (χ2n) is 4.70. The molecule has 0 radical (unpaired) electrons. The van der Waals surface area contributed by atoms with E-state index in [0.717, 1.165) is 12.8 Å². The van der Waals surface area contributed by atoms with Crippen molar-refractivity contribution in [3.63, 3.8) is 0 Å². The fourth-order valence-electron chi connectivity index (χ4n) is 1.91. The van der Waals surface area contributed by atoms with E-state index in [4.69, 9.17) is 5.26 Å². The molecule has 0 spiro atoms. The third-order valence-electron chi connectivity index (χ3n) is 2.99. The third kappa shape index (κ3) is 17.7. The smallest absolute Gasteiger partial charge is 0.0855 e. The molecule has 0 saturated heterocycles. The Kier molecular flexibility index (Phi) is 18.5. The van der Waals surface area contributed by atoms with Crippen molar-refractivity contribution in [1.29, 1.82) is 0 Å². The van der Waals surface area contributed by atoms with Gasteiger partial charge in [0.2, 0.25) is 0 Å². The van der Waals surface area contributed by atoms with Crippen molar-refractivity contribution in [3.05, 3.63) is 0 Å². The monoisotopic (exact) mass is 296 g/mol. The summed E-state index contributed by atoms with van der Waals surface area (Å²) in [7, 11) is 0. The van der Waals surface area contributed by atoms with Crippen LogP contribution in [0, 0.1) is 0 Å². The second kappa shape index (κ2) is 18.7. The highest BCUT2D eigenvalue weighted by Gasteiger charge is 1.95. The molecule has 0 rings (SSSR count). The largest absolute Gasteiger partial charge is 0.219 e. The zero-order valence-corrected chi connectivity index (χ0v) is 12.4. The van der Waals surface area contributed by atoms with Crippen LogP contribution < -0.4 is 0 Å². The molecule has 0 aliphatic heterocycles. The quantitative estimate of drug-likeness (QED) is 0.241. The summed E-state index contributed by atoms with van der Waals surface area (Å²) in [6.45, 7) is 2.64. The molecule has 7 nitrogen and oxygen atoms in total. The SMILES string of the molecule is CCCCCCCCCCCCCOOOOOOO. The van der Waals surface area contributed by atoms with Crippen molar-refractivity contribution in [2.45, 2.75) is 77.6 Å². The van der Waals surface area contributed by atoms with Gasteiger partial charge in [-0.2, -0.15) is 0 Å². The van der Waals surface area contributed by atoms with E-state index >= 15 is 0 Å². The van der Waals surface area contributed by atoms with Crippen molar-refractivity contribution in [2.24, 2.45) is 0 Å². The Hall–Kier alpha value is -0.280. The van der Waals surface area contributed by atoms with Crippen LogP contribution in [0.1, 0.15) is 77.6 Å². The van der Waals surface area contributed by atoms with Crippen molar-refractivity contribution in [3.8, 4) is 0 Å². The van der Waals surface area contributed by atoms with Crippen LogP contribution in [0.5, 0.6) is 0 Å². The Labute approximate surface area is 120 Å². The van der Waals surface area contributed by atoms with Crippen LogP contribution in [0.25, 0.3) is 0 Å². The zero-order valence-electron chi connectivity index (χ0n) is 12.4. The fraction of sp³-hybridized carbons (Fsp3) is 1.00. The van der Waals surface area contributed by atoms with Crippen molar-refractivity contribution >= 4 is 0 Å². The van der Waals surface area contributed by atoms with Crippen LogP contribution in [0.2, 0.25) is 0 Å². The number of hydrogen-bond donors (Lipinski definition) is 1. The number of rotatable bonds is 17. The molecule has 0 aromatic heterocycles. The molecule has 0 fully saturated rings. The molecule has 1 N–H and O–H groups in total. The summed E-state index contributed by atoms with van der Waals surface area (Å²) in [5.41, 5.74) is 0. The van der Waals surface area contributed by atoms with E-state index in [9.17, 15) is 0 Å². The first-order chi connectivity index (χ1) is 9.91. The van der Waals surface area contributed by atoms with E-state index in [1.807, 2.05) is 0 Å². The van der Waals surface area contributed by atoms with E-state index < -0.39 is 0 Å². The van der Waals surface area contributed by atoms with E-state index in [-0.39, 0.29) is 0 Å². The predicted molar refractivity (Wildman–Crippen MR) is 70.5 cm³/mol. The molecule has 20 heavy (non-hydrogen) atoms. The maximum Gasteiger partial charge on any atom is 0.0855 e. The first kappa shape index (κ1) is 19.7. The normalized spacial score (nSPS) is 11.1. The van der Waals surface area contributed by atoms with Crippen LogP contribution in [0.4, 0.5) is 0 Å². The Morgan fingerprint density at radius 2 is 1.10 bits per heavy atom. The van der Waals surface area contributed by atoms with Crippen LogP contribution in [0.3, 0.4) is 0 Å². The summed E-state index contributed by atoms with van der Waals surface area (Å²) in [4.78, 5) is 4.60. The lowest BCUT2D eigenvalue weighted by Gasteiger charge is -2.02. The van der Waals surface area contributed by atoms with Gasteiger partial charge in [-0.25, -0.2) is 10.1 Å². The van der Waals surface area contributed by atoms with Gasteiger partial charge >= 0.3 is 0 Å². The van der Waals surface area contributed by atoms with Crippen LogP contribution in [-0.4, -0.2) is 11.9 Å². The first-order valence-corrected chi connectivity index (χ1v) is 7.51. The molecular weight excluding hydrogens is 268 g/mol. The molecule has 0 saturated carbocycles. The highest BCUT2D eigenvalue weighted by atomic mass is 17.9. The highest BCUT2D eigenvalue weighted by Crippen LogP contribution is 2.11. The number of unbranched alkanes of at least 4 members (excludes halogenated alkanes) is 10. The first-order valence-electron chi connectivity index (χ1n) is 7.51. The average molecular weight is 296 g/mol. The van der Waals surface area contributed by atoms with Gasteiger partial charge in [-0.05, 0) is 31.6 Å². The van der Waals surface area contributed by atoms with Crippen molar-refractivity contribution in [1.82, 2.24) is 0 Å². The van der Waals surface area contributed by atoms with E-state index in [0.29, 0.717) is 6.61 Å². The number of hydrogen-bond acceptors (Lipinski definition) is 7. The van der Waals surface area contributed by atoms with Gasteiger partial charge in [-0.15, -0.1) is 0 Å². The molecule has 0 aromatic rings. The summed E-state index contributed by atoms with van der Waals surface area (Å²) in [6.07, 6.45) is 13.9. The Balaban J connectivity index is 2.89. The van der Waals surface area contributed by atoms with Gasteiger partial charge in [0, 0.05) is 0 Å². The Bertz CT molecular complexity index is 151. The zero-order chi connectivity index (χ0) is 14.7. The standard InChI is InChI=1S/C13H28O7/c1-2-3-4-5-6-7-8-9-10-11-12-13-15-17-19-20-18-16-14/h14H,2-13H2,1H3. The summed E-state index contributed by atoms with van der Waals surface area (Å²) in [5, 5.41) is 25.8. The minimum Gasteiger partial charge on any atom is -0.219 e. The molecule has 0 atom stereocenters. The third-order valence-corrected chi connectivity index (χ3v) is 2.99. The van der Waals surface area contributed by atoms with Crippen molar-refractivity contribution in [2.75, 3.05) is 6.61 Å². The minimum absolute atomic E-state index is 0.403. The summed E-state index contributed by atoms with van der Waals surface area (Å²) >= 11 is 0. The predicted octanol–water partition coefficient (Wildman–Crippen LogP) is 4.45. The van der Waals surface area contributed by atoms with Crippen LogP contribution in [0.15, 0.2) is 0 Å². The molecule has 0 amide bonds. The Morgan fingerprint density at radius 3 is 1.65 bits per heavy atom. The minimum atomic E-state index is 0.403. The molecule has 0 aromatic carbocycles. The van der Waals surface area contributed by atoms with Crippen LogP contribution in [-0.2, 0) is 30.1 Å². The van der Waals surface area contributed by atoms with Crippen molar-refractivity contribution < 1.29 is 35.3 Å². The lowest BCUT2D eigenvalue weighted by molar-refractivity contribution is -0.787. The van der Waals surface area contributed by atoms with E-state index in [2.05, 4.69) is 37.0 Å². The summed E-state index contributed by atoms with van der Waals surface area (Å²) in [5.74, 6) is 0. The molecule has 0 heterocycles. The Morgan fingerprint density at radius 1 is 0.600 bits per heavy atom. The summed E-state index contributed by atoms with van der Waals surface area (Å²) in [6, 6.07) is 0. The van der Waals surface area contributed by atoms with E-state index in [1.54, 1.807) is 0 Å². The molecule has 0 bridgehead atoms. The van der Waals surface area contributed by atoms with Gasteiger partial charge < -0.3 is 0 Å². The molecule has 0 aliphatic carbocycles. The molecule has 0 unspecified atom stereocenters. The summed E-state index contributed by atoms with van der Waals surface area (Å²) < 4.78 is 0. The lowest BCUT2D eigenvalue weighted by atomic mass is 10.1. The maximum atomic E-state index is 7.66. The lowest BCUT2D eigenvalue weighted by Crippen LogP contribution is -2.00. The van der Waals surface area contributed by atoms with Gasteiger partial charge in [-0.3, -0.25) is 0 Å². The van der Waals surface area contributed by atoms with Crippen LogP contribution >= 0.6 is 0 Å². The fourth-order valence-corrected chi connectivity index (χ4v) is 1.91. The molecule has 0 aliphatic rings. The topological polar surface area (TPSA) is 75.6 Å². The molecule has 122 valence electrons. The average Bonchev–Trinajstić information content (AvgIpc) is 2.47. The molecular formula is C13H28O7.